The SMILES string of the molecule is CCOC(=O)c1cccnc1NCc1c(C)n[nH]c1C. The fourth-order valence-corrected chi connectivity index (χ4v) is 1.93. The van der Waals surface area contributed by atoms with Crippen LogP contribution in [0.15, 0.2) is 18.3 Å². The van der Waals surface area contributed by atoms with Crippen molar-refractivity contribution in [2.75, 3.05) is 11.9 Å². The third kappa shape index (κ3) is 2.96. The number of aryl methyl sites for hydroxylation is 2. The first kappa shape index (κ1) is 14.0. The minimum absolute atomic E-state index is 0.340. The molecule has 0 aliphatic heterocycles. The summed E-state index contributed by atoms with van der Waals surface area (Å²) in [6, 6.07) is 3.41. The molecule has 0 aliphatic rings. The lowest BCUT2D eigenvalue weighted by molar-refractivity contribution is 0.0527. The number of carbonyl (C=O) groups is 1. The molecule has 0 unspecified atom stereocenters. The van der Waals surface area contributed by atoms with Gasteiger partial charge in [-0.1, -0.05) is 0 Å². The van der Waals surface area contributed by atoms with E-state index in [4.69, 9.17) is 4.74 Å². The quantitative estimate of drug-likeness (QED) is 0.817. The molecule has 0 saturated heterocycles. The number of ether oxygens (including phenoxy) is 1. The van der Waals surface area contributed by atoms with Crippen molar-refractivity contribution in [3.05, 3.63) is 40.8 Å². The molecule has 2 aromatic heterocycles. The number of nitrogens with zero attached hydrogens (tertiary/aromatic N) is 2. The second-order valence-corrected chi connectivity index (χ2v) is 4.39. The number of anilines is 1. The van der Waals surface area contributed by atoms with E-state index in [-0.39, 0.29) is 5.97 Å². The number of esters is 1. The minimum Gasteiger partial charge on any atom is -0.462 e. The highest BCUT2D eigenvalue weighted by Crippen LogP contribution is 2.16. The van der Waals surface area contributed by atoms with Crippen molar-refractivity contribution < 1.29 is 9.53 Å². The average Bonchev–Trinajstić information content (AvgIpc) is 2.76. The molecule has 2 N–H and O–H groups in total. The Morgan fingerprint density at radius 2 is 2.25 bits per heavy atom. The fraction of sp³-hybridized carbons (Fsp3) is 0.357. The van der Waals surface area contributed by atoms with E-state index in [0.29, 0.717) is 24.5 Å². The largest absolute Gasteiger partial charge is 0.462 e. The van der Waals surface area contributed by atoms with Crippen molar-refractivity contribution in [3.63, 3.8) is 0 Å². The molecule has 0 aliphatic carbocycles. The van der Waals surface area contributed by atoms with Crippen molar-refractivity contribution in [3.8, 4) is 0 Å². The first-order chi connectivity index (χ1) is 9.63. The van der Waals surface area contributed by atoms with Gasteiger partial charge < -0.3 is 10.1 Å². The molecule has 6 heteroatoms. The maximum absolute atomic E-state index is 11.8. The number of pyridine rings is 1. The van der Waals surface area contributed by atoms with Crippen LogP contribution in [0.2, 0.25) is 0 Å². The summed E-state index contributed by atoms with van der Waals surface area (Å²) < 4.78 is 5.02. The molecule has 0 amide bonds. The summed E-state index contributed by atoms with van der Waals surface area (Å²) in [6.45, 7) is 6.57. The summed E-state index contributed by atoms with van der Waals surface area (Å²) in [7, 11) is 0. The second-order valence-electron chi connectivity index (χ2n) is 4.39. The van der Waals surface area contributed by atoms with Gasteiger partial charge in [-0.25, -0.2) is 9.78 Å². The van der Waals surface area contributed by atoms with Crippen LogP contribution < -0.4 is 5.32 Å². The van der Waals surface area contributed by atoms with Crippen LogP contribution in [0.1, 0.15) is 34.2 Å². The van der Waals surface area contributed by atoms with Gasteiger partial charge >= 0.3 is 5.97 Å². The normalized spacial score (nSPS) is 10.3. The zero-order valence-corrected chi connectivity index (χ0v) is 11.9. The monoisotopic (exact) mass is 274 g/mol. The maximum atomic E-state index is 11.8. The Balaban J connectivity index is 2.16. The van der Waals surface area contributed by atoms with Gasteiger partial charge in [-0.3, -0.25) is 5.10 Å². The van der Waals surface area contributed by atoms with Gasteiger partial charge in [0.2, 0.25) is 0 Å². The predicted molar refractivity (Wildman–Crippen MR) is 75.6 cm³/mol. The van der Waals surface area contributed by atoms with Crippen molar-refractivity contribution in [2.24, 2.45) is 0 Å². The number of aromatic nitrogens is 3. The van der Waals surface area contributed by atoms with Gasteiger partial charge in [0, 0.05) is 24.0 Å². The summed E-state index contributed by atoms with van der Waals surface area (Å²) >= 11 is 0. The average molecular weight is 274 g/mol. The number of carbonyl (C=O) groups excluding carboxylic acids is 1. The van der Waals surface area contributed by atoms with Crippen molar-refractivity contribution in [2.45, 2.75) is 27.3 Å². The number of H-pyrrole nitrogens is 1. The molecule has 0 atom stereocenters. The van der Waals surface area contributed by atoms with Crippen LogP contribution in [-0.4, -0.2) is 27.8 Å². The highest BCUT2D eigenvalue weighted by molar-refractivity contribution is 5.94. The molecule has 106 valence electrons. The maximum Gasteiger partial charge on any atom is 0.341 e. The van der Waals surface area contributed by atoms with Crippen molar-refractivity contribution in [1.82, 2.24) is 15.2 Å². The second kappa shape index (κ2) is 6.18. The molecule has 2 heterocycles. The van der Waals surface area contributed by atoms with Gasteiger partial charge in [0.1, 0.15) is 11.4 Å². The third-order valence-corrected chi connectivity index (χ3v) is 3.02. The van der Waals surface area contributed by atoms with Gasteiger partial charge in [-0.15, -0.1) is 0 Å². The first-order valence-electron chi connectivity index (χ1n) is 6.50. The zero-order valence-electron chi connectivity index (χ0n) is 11.9. The summed E-state index contributed by atoms with van der Waals surface area (Å²) in [5.74, 6) is 0.148. The molecule has 0 bridgehead atoms. The summed E-state index contributed by atoms with van der Waals surface area (Å²) in [5.41, 5.74) is 3.45. The number of nitrogens with one attached hydrogen (secondary N) is 2. The Hall–Kier alpha value is -2.37. The molecule has 0 fully saturated rings. The molecule has 0 radical (unpaired) electrons. The van der Waals surface area contributed by atoms with Crippen LogP contribution in [0.5, 0.6) is 0 Å². The van der Waals surface area contributed by atoms with Gasteiger partial charge in [0.05, 0.1) is 12.3 Å². The lowest BCUT2D eigenvalue weighted by atomic mass is 10.2. The van der Waals surface area contributed by atoms with Crippen molar-refractivity contribution >= 4 is 11.8 Å². The molecule has 2 rings (SSSR count). The Morgan fingerprint density at radius 1 is 1.45 bits per heavy atom. The third-order valence-electron chi connectivity index (χ3n) is 3.02. The van der Waals surface area contributed by atoms with E-state index >= 15 is 0 Å². The smallest absolute Gasteiger partial charge is 0.341 e. The minimum atomic E-state index is -0.372. The number of hydrogen-bond acceptors (Lipinski definition) is 5. The van der Waals surface area contributed by atoms with E-state index in [1.165, 1.54) is 0 Å². The van der Waals surface area contributed by atoms with Gasteiger partial charge in [-0.2, -0.15) is 5.10 Å². The van der Waals surface area contributed by atoms with Gasteiger partial charge in [-0.05, 0) is 32.9 Å². The van der Waals surface area contributed by atoms with Crippen LogP contribution >= 0.6 is 0 Å². The standard InChI is InChI=1S/C14H18N4O2/c1-4-20-14(19)11-6-5-7-15-13(11)16-8-12-9(2)17-18-10(12)3/h5-7H,4,8H2,1-3H3,(H,15,16)(H,17,18). The Bertz CT molecular complexity index is 587. The van der Waals surface area contributed by atoms with E-state index in [2.05, 4.69) is 20.5 Å². The van der Waals surface area contributed by atoms with E-state index in [1.807, 2.05) is 13.8 Å². The van der Waals surface area contributed by atoms with Crippen LogP contribution in [0.3, 0.4) is 0 Å². The highest BCUT2D eigenvalue weighted by atomic mass is 16.5. The lowest BCUT2D eigenvalue weighted by Crippen LogP contribution is -2.11. The highest BCUT2D eigenvalue weighted by Gasteiger charge is 2.14. The summed E-state index contributed by atoms with van der Waals surface area (Å²) in [4.78, 5) is 16.0. The zero-order chi connectivity index (χ0) is 14.5. The van der Waals surface area contributed by atoms with E-state index in [9.17, 15) is 4.79 Å². The number of hydrogen-bond donors (Lipinski definition) is 2. The molecule has 0 aromatic carbocycles. The van der Waals surface area contributed by atoms with E-state index in [0.717, 1.165) is 17.0 Å². The molecule has 20 heavy (non-hydrogen) atoms. The molecule has 2 aromatic rings. The molecule has 0 saturated carbocycles. The molecule has 0 spiro atoms. The van der Waals surface area contributed by atoms with Gasteiger partial charge in [0.25, 0.3) is 0 Å². The molecular weight excluding hydrogens is 256 g/mol. The first-order valence-corrected chi connectivity index (χ1v) is 6.50. The Labute approximate surface area is 117 Å². The summed E-state index contributed by atoms with van der Waals surface area (Å²) in [6.07, 6.45) is 1.64. The van der Waals surface area contributed by atoms with Gasteiger partial charge in [0.15, 0.2) is 0 Å². The van der Waals surface area contributed by atoms with Crippen LogP contribution in [-0.2, 0) is 11.3 Å². The van der Waals surface area contributed by atoms with Crippen LogP contribution in [0.25, 0.3) is 0 Å². The topological polar surface area (TPSA) is 79.9 Å². The Kier molecular flexibility index (Phi) is 4.34. The van der Waals surface area contributed by atoms with Crippen LogP contribution in [0.4, 0.5) is 5.82 Å². The lowest BCUT2D eigenvalue weighted by Gasteiger charge is -2.10. The Morgan fingerprint density at radius 3 is 2.90 bits per heavy atom. The molecule has 6 nitrogen and oxygen atoms in total. The molecular formula is C14H18N4O2. The van der Waals surface area contributed by atoms with E-state index in [1.54, 1.807) is 25.3 Å². The number of aromatic amines is 1. The fourth-order valence-electron chi connectivity index (χ4n) is 1.93. The predicted octanol–water partition coefficient (Wildman–Crippen LogP) is 2.21. The summed E-state index contributed by atoms with van der Waals surface area (Å²) in [5, 5.41) is 10.2. The van der Waals surface area contributed by atoms with Crippen LogP contribution in [0, 0.1) is 13.8 Å². The van der Waals surface area contributed by atoms with E-state index < -0.39 is 0 Å². The van der Waals surface area contributed by atoms with Crippen molar-refractivity contribution in [1.29, 1.82) is 0 Å². The number of rotatable bonds is 5.